The van der Waals surface area contributed by atoms with E-state index in [1.165, 1.54) is 19.4 Å². The Bertz CT molecular complexity index is 1050. The molecule has 0 heterocycles. The molecule has 202 valence electrons. The zero-order chi connectivity index (χ0) is 31.1. The van der Waals surface area contributed by atoms with Gasteiger partial charge in [-0.3, -0.25) is 9.59 Å². The Morgan fingerprint density at radius 2 is 1.75 bits per heavy atom. The van der Waals surface area contributed by atoms with Gasteiger partial charge in [-0.1, -0.05) is 36.6 Å². The molecule has 0 radical (unpaired) electrons. The lowest BCUT2D eigenvalue weighted by atomic mass is 9.59. The average molecular weight is 507 g/mol. The first kappa shape index (κ1) is 20.4. The van der Waals surface area contributed by atoms with E-state index in [1.807, 2.05) is 0 Å². The van der Waals surface area contributed by atoms with Crippen molar-refractivity contribution in [2.75, 3.05) is 0 Å². The van der Waals surface area contributed by atoms with E-state index in [0.717, 1.165) is 56.9 Å². The molecule has 5 atom stereocenters. The van der Waals surface area contributed by atoms with Gasteiger partial charge in [-0.05, 0) is 94.2 Å². The van der Waals surface area contributed by atoms with Crippen LogP contribution in [0.4, 0.5) is 0 Å². The molecule has 0 aliphatic heterocycles. The van der Waals surface area contributed by atoms with E-state index in [2.05, 4.69) is 19.1 Å². The summed E-state index contributed by atoms with van der Waals surface area (Å²) in [4.78, 5) is 23.2. The second-order valence-electron chi connectivity index (χ2n) is 12.3. The minimum Gasteiger partial charge on any atom is -0.462 e. The number of hydrogen-bond acceptors (Lipinski definition) is 5. The summed E-state index contributed by atoms with van der Waals surface area (Å²) in [6.07, 6.45) is 14.0. The first-order valence-electron chi connectivity index (χ1n) is 16.9. The predicted molar refractivity (Wildman–Crippen MR) is 141 cm³/mol. The maximum absolute atomic E-state index is 11.6. The molecule has 0 saturated heterocycles. The van der Waals surface area contributed by atoms with Gasteiger partial charge in [0.1, 0.15) is 12.2 Å². The summed E-state index contributed by atoms with van der Waals surface area (Å²) < 4.78 is 57.2. The van der Waals surface area contributed by atoms with Gasteiger partial charge in [0.25, 0.3) is 0 Å². The Hall–Kier alpha value is -1.62. The minimum absolute atomic E-state index is 0.0900. The Kier molecular flexibility index (Phi) is 6.01. The maximum atomic E-state index is 11.6. The van der Waals surface area contributed by atoms with Crippen LogP contribution in [0.3, 0.4) is 0 Å². The molecule has 4 fully saturated rings. The monoisotopic (exact) mass is 506 g/mol. The summed E-state index contributed by atoms with van der Waals surface area (Å²) in [7, 11) is 0. The highest BCUT2D eigenvalue weighted by Crippen LogP contribution is 2.70. The predicted octanol–water partition coefficient (Wildman–Crippen LogP) is 6.82. The number of carbonyl (C=O) groups excluding carboxylic acids is 2. The lowest BCUT2D eigenvalue weighted by Gasteiger charge is -2.45. The van der Waals surface area contributed by atoms with E-state index >= 15 is 0 Å². The molecular formula is C31H48O5. The number of ether oxygens (including phenoxy) is 2. The highest BCUT2D eigenvalue weighted by atomic mass is 16.6. The van der Waals surface area contributed by atoms with Gasteiger partial charge in [0.15, 0.2) is 0 Å². The van der Waals surface area contributed by atoms with Crippen molar-refractivity contribution in [3.05, 3.63) is 23.3 Å². The first-order chi connectivity index (χ1) is 19.4. The van der Waals surface area contributed by atoms with Crippen molar-refractivity contribution >= 4 is 11.9 Å². The second kappa shape index (κ2) is 10.6. The molecule has 4 aliphatic carbocycles. The minimum atomic E-state index is -2.97. The SMILES string of the molecule is [2H]C([2H])([2H])C(O)(CCCC1(C2CCC3C(=CC=C4CC(OC(C)=O)C[C@H](OC(C)=O)C4)CCC[C@@]32C)CC1)C([2H])([2H])[2H]. The maximum Gasteiger partial charge on any atom is 0.302 e. The van der Waals surface area contributed by atoms with E-state index in [0.29, 0.717) is 37.5 Å². The van der Waals surface area contributed by atoms with E-state index in [9.17, 15) is 14.7 Å². The lowest BCUT2D eigenvalue weighted by molar-refractivity contribution is -0.154. The third-order valence-electron chi connectivity index (χ3n) is 9.51. The Morgan fingerprint density at radius 3 is 2.33 bits per heavy atom. The average Bonchev–Trinajstić information content (AvgIpc) is 3.52. The van der Waals surface area contributed by atoms with Crippen LogP contribution < -0.4 is 0 Å². The van der Waals surface area contributed by atoms with Crippen LogP contribution in [0.2, 0.25) is 0 Å². The molecule has 0 amide bonds. The molecule has 5 heteroatoms. The highest BCUT2D eigenvalue weighted by molar-refractivity contribution is 5.67. The van der Waals surface area contributed by atoms with Crippen LogP contribution in [-0.4, -0.2) is 34.9 Å². The fraction of sp³-hybridized carbons (Fsp3) is 0.806. The van der Waals surface area contributed by atoms with Crippen LogP contribution in [0.15, 0.2) is 23.3 Å². The number of allylic oxidation sites excluding steroid dienone is 3. The van der Waals surface area contributed by atoms with Gasteiger partial charge in [0.05, 0.1) is 5.60 Å². The van der Waals surface area contributed by atoms with Crippen molar-refractivity contribution in [1.29, 1.82) is 0 Å². The third kappa shape index (κ3) is 6.44. The molecule has 4 aliphatic rings. The van der Waals surface area contributed by atoms with Crippen molar-refractivity contribution in [1.82, 2.24) is 0 Å². The molecule has 0 spiro atoms. The molecular weight excluding hydrogens is 452 g/mol. The Balaban J connectivity index is 1.46. The van der Waals surface area contributed by atoms with Crippen molar-refractivity contribution in [2.24, 2.45) is 22.7 Å². The molecule has 4 saturated carbocycles. The van der Waals surface area contributed by atoms with Gasteiger partial charge in [-0.2, -0.15) is 0 Å². The molecule has 0 aromatic heterocycles. The highest BCUT2D eigenvalue weighted by Gasteiger charge is 2.60. The van der Waals surface area contributed by atoms with Crippen LogP contribution >= 0.6 is 0 Å². The summed E-state index contributed by atoms with van der Waals surface area (Å²) in [6, 6.07) is 0. The van der Waals surface area contributed by atoms with Crippen LogP contribution in [0.5, 0.6) is 0 Å². The van der Waals surface area contributed by atoms with Gasteiger partial charge in [0, 0.05) is 41.3 Å². The summed E-state index contributed by atoms with van der Waals surface area (Å²) >= 11 is 0. The standard InChI is InChI=1S/C31H48O5/c1-21(32)35-25-18-23(19-26(20-25)36-22(2)33)9-10-24-8-6-14-30(5)27(24)11-12-28(30)31(16-17-31)15-7-13-29(3,4)34/h9-10,25-28,34H,6-8,11-20H2,1-5H3/t25-,26?,27?,28?,30+/m1/s1/i3D3,4D3. The fourth-order valence-corrected chi connectivity index (χ4v) is 8.01. The van der Waals surface area contributed by atoms with Crippen molar-refractivity contribution < 1.29 is 32.4 Å². The van der Waals surface area contributed by atoms with E-state index in [1.54, 1.807) is 0 Å². The summed E-state index contributed by atoms with van der Waals surface area (Å²) in [5, 5.41) is 10.7. The van der Waals surface area contributed by atoms with Gasteiger partial charge in [-0.25, -0.2) is 0 Å². The molecule has 5 nitrogen and oxygen atoms in total. The molecule has 1 N–H and O–H groups in total. The van der Waals surface area contributed by atoms with Crippen molar-refractivity contribution in [3.8, 4) is 0 Å². The zero-order valence-electron chi connectivity index (χ0n) is 28.2. The quantitative estimate of drug-likeness (QED) is 0.366. The summed E-state index contributed by atoms with van der Waals surface area (Å²) in [5.74, 6) is 0.258. The number of aliphatic hydroxyl groups is 1. The number of esters is 2. The lowest BCUT2D eigenvalue weighted by Crippen LogP contribution is -2.37. The molecule has 0 aromatic rings. The van der Waals surface area contributed by atoms with E-state index in [4.69, 9.17) is 17.7 Å². The summed E-state index contributed by atoms with van der Waals surface area (Å²) in [6.45, 7) is -0.732. The molecule has 3 unspecified atom stereocenters. The van der Waals surface area contributed by atoms with Gasteiger partial charge in [-0.15, -0.1) is 0 Å². The molecule has 0 bridgehead atoms. The largest absolute Gasteiger partial charge is 0.462 e. The molecule has 4 rings (SSSR count). The Labute approximate surface area is 226 Å². The Morgan fingerprint density at radius 1 is 1.08 bits per heavy atom. The number of carbonyl (C=O) groups is 2. The van der Waals surface area contributed by atoms with Gasteiger partial charge in [0.2, 0.25) is 0 Å². The molecule has 0 aromatic carbocycles. The van der Waals surface area contributed by atoms with Crippen LogP contribution in [-0.2, 0) is 19.1 Å². The number of fused-ring (bicyclic) bond motifs is 1. The van der Waals surface area contributed by atoms with E-state index in [-0.39, 0.29) is 41.4 Å². The normalized spacial score (nSPS) is 39.1. The fourth-order valence-electron chi connectivity index (χ4n) is 8.01. The number of hydrogen-bond donors (Lipinski definition) is 1. The third-order valence-corrected chi connectivity index (χ3v) is 9.51. The van der Waals surface area contributed by atoms with Crippen molar-refractivity contribution in [2.45, 2.75) is 136 Å². The van der Waals surface area contributed by atoms with E-state index < -0.39 is 19.3 Å². The van der Waals surface area contributed by atoms with Gasteiger partial charge < -0.3 is 14.6 Å². The van der Waals surface area contributed by atoms with Crippen molar-refractivity contribution in [3.63, 3.8) is 0 Å². The van der Waals surface area contributed by atoms with Gasteiger partial charge >= 0.3 is 11.9 Å². The molecule has 36 heavy (non-hydrogen) atoms. The smallest absolute Gasteiger partial charge is 0.302 e. The zero-order valence-corrected chi connectivity index (χ0v) is 22.2. The van der Waals surface area contributed by atoms with Crippen LogP contribution in [0, 0.1) is 22.7 Å². The number of rotatable bonds is 8. The second-order valence-corrected chi connectivity index (χ2v) is 12.3. The first-order valence-corrected chi connectivity index (χ1v) is 13.9. The topological polar surface area (TPSA) is 72.8 Å². The van der Waals surface area contributed by atoms with Crippen LogP contribution in [0.25, 0.3) is 0 Å². The van der Waals surface area contributed by atoms with Crippen LogP contribution in [0.1, 0.15) is 126 Å². The summed E-state index contributed by atoms with van der Waals surface area (Å²) in [5.41, 5.74) is 0.0766.